The molecular formula is C8H19N. The van der Waals surface area contributed by atoms with Crippen LogP contribution < -0.4 is 5.32 Å². The molecule has 0 aromatic heterocycles. The molecule has 0 aliphatic carbocycles. The summed E-state index contributed by atoms with van der Waals surface area (Å²) in [7, 11) is 2.04. The highest BCUT2D eigenvalue weighted by Crippen LogP contribution is 2.14. The van der Waals surface area contributed by atoms with E-state index in [1.54, 1.807) is 0 Å². The van der Waals surface area contributed by atoms with E-state index in [0.29, 0.717) is 5.54 Å². The fourth-order valence-corrected chi connectivity index (χ4v) is 1.03. The molecule has 0 aliphatic rings. The standard InChI is InChI=1S/C8H19N/c1-5-7-8(3,6-2)9-4/h9H,5-7H2,1-4H3. The number of hydrogen-bond donors (Lipinski definition) is 1. The molecule has 1 heteroatoms. The Morgan fingerprint density at radius 3 is 2.00 bits per heavy atom. The van der Waals surface area contributed by atoms with Crippen LogP contribution >= 0.6 is 0 Å². The second-order valence-corrected chi connectivity index (χ2v) is 2.91. The van der Waals surface area contributed by atoms with Crippen molar-refractivity contribution in [2.45, 2.75) is 45.6 Å². The topological polar surface area (TPSA) is 12.0 Å². The molecule has 0 radical (unpaired) electrons. The molecule has 0 amide bonds. The molecule has 0 rings (SSSR count). The molecule has 1 nitrogen and oxygen atoms in total. The molecule has 0 heterocycles. The predicted octanol–water partition coefficient (Wildman–Crippen LogP) is 2.17. The highest BCUT2D eigenvalue weighted by atomic mass is 14.9. The van der Waals surface area contributed by atoms with Crippen LogP contribution in [0.2, 0.25) is 0 Å². The minimum absolute atomic E-state index is 0.384. The summed E-state index contributed by atoms with van der Waals surface area (Å²) in [5.41, 5.74) is 0.384. The summed E-state index contributed by atoms with van der Waals surface area (Å²) in [6, 6.07) is 0. The molecule has 56 valence electrons. The van der Waals surface area contributed by atoms with Crippen molar-refractivity contribution in [3.8, 4) is 0 Å². The molecule has 0 aromatic carbocycles. The number of hydrogen-bond acceptors (Lipinski definition) is 1. The number of rotatable bonds is 4. The van der Waals surface area contributed by atoms with Gasteiger partial charge in [0.15, 0.2) is 0 Å². The predicted molar refractivity (Wildman–Crippen MR) is 42.7 cm³/mol. The Morgan fingerprint density at radius 2 is 1.89 bits per heavy atom. The van der Waals surface area contributed by atoms with Gasteiger partial charge < -0.3 is 5.32 Å². The van der Waals surface area contributed by atoms with Gasteiger partial charge in [-0.15, -0.1) is 0 Å². The van der Waals surface area contributed by atoms with Crippen LogP contribution in [0.3, 0.4) is 0 Å². The quantitative estimate of drug-likeness (QED) is 0.613. The van der Waals surface area contributed by atoms with Gasteiger partial charge in [-0.25, -0.2) is 0 Å². The van der Waals surface area contributed by atoms with Crippen molar-refractivity contribution in [1.29, 1.82) is 0 Å². The second kappa shape index (κ2) is 3.89. The van der Waals surface area contributed by atoms with E-state index in [1.807, 2.05) is 7.05 Å². The van der Waals surface area contributed by atoms with Crippen LogP contribution in [0.5, 0.6) is 0 Å². The average Bonchev–Trinajstić information content (AvgIpc) is 1.89. The summed E-state index contributed by atoms with van der Waals surface area (Å²) >= 11 is 0. The Hall–Kier alpha value is -0.0400. The van der Waals surface area contributed by atoms with Crippen LogP contribution in [-0.2, 0) is 0 Å². The Bertz CT molecular complexity index is 65.0. The zero-order valence-electron chi connectivity index (χ0n) is 7.12. The molecule has 0 saturated heterocycles. The molecule has 0 spiro atoms. The lowest BCUT2D eigenvalue weighted by Gasteiger charge is -2.26. The summed E-state index contributed by atoms with van der Waals surface area (Å²) in [6.45, 7) is 6.73. The van der Waals surface area contributed by atoms with E-state index >= 15 is 0 Å². The Morgan fingerprint density at radius 1 is 1.33 bits per heavy atom. The van der Waals surface area contributed by atoms with E-state index in [2.05, 4.69) is 26.1 Å². The summed E-state index contributed by atoms with van der Waals surface area (Å²) < 4.78 is 0. The van der Waals surface area contributed by atoms with Gasteiger partial charge in [-0.1, -0.05) is 20.3 Å². The van der Waals surface area contributed by atoms with E-state index in [9.17, 15) is 0 Å². The highest BCUT2D eigenvalue weighted by molar-refractivity contribution is 4.78. The first-order valence-electron chi connectivity index (χ1n) is 3.87. The van der Waals surface area contributed by atoms with Crippen LogP contribution in [-0.4, -0.2) is 12.6 Å². The lowest BCUT2D eigenvalue weighted by molar-refractivity contribution is 0.342. The summed E-state index contributed by atoms with van der Waals surface area (Å²) in [4.78, 5) is 0. The zero-order valence-corrected chi connectivity index (χ0v) is 7.12. The van der Waals surface area contributed by atoms with Gasteiger partial charge >= 0.3 is 0 Å². The first-order chi connectivity index (χ1) is 4.18. The van der Waals surface area contributed by atoms with E-state index in [1.165, 1.54) is 19.3 Å². The Labute approximate surface area is 58.8 Å². The van der Waals surface area contributed by atoms with E-state index < -0.39 is 0 Å². The zero-order chi connectivity index (χ0) is 7.33. The fraction of sp³-hybridized carbons (Fsp3) is 1.00. The third-order valence-corrected chi connectivity index (χ3v) is 2.19. The first-order valence-corrected chi connectivity index (χ1v) is 3.87. The Balaban J connectivity index is 3.62. The molecule has 1 unspecified atom stereocenters. The molecule has 0 saturated carbocycles. The van der Waals surface area contributed by atoms with Crippen molar-refractivity contribution in [2.75, 3.05) is 7.05 Å². The van der Waals surface area contributed by atoms with Crippen molar-refractivity contribution in [3.63, 3.8) is 0 Å². The van der Waals surface area contributed by atoms with Crippen LogP contribution in [0, 0.1) is 0 Å². The fourth-order valence-electron chi connectivity index (χ4n) is 1.03. The molecule has 0 fully saturated rings. The minimum Gasteiger partial charge on any atom is -0.315 e. The summed E-state index contributed by atoms with van der Waals surface area (Å²) in [6.07, 6.45) is 3.77. The second-order valence-electron chi connectivity index (χ2n) is 2.91. The van der Waals surface area contributed by atoms with Crippen LogP contribution in [0.4, 0.5) is 0 Å². The molecule has 1 N–H and O–H groups in total. The third kappa shape index (κ3) is 2.85. The van der Waals surface area contributed by atoms with E-state index in [4.69, 9.17) is 0 Å². The van der Waals surface area contributed by atoms with Gasteiger partial charge in [0.1, 0.15) is 0 Å². The normalized spacial score (nSPS) is 17.3. The van der Waals surface area contributed by atoms with Crippen LogP contribution in [0.1, 0.15) is 40.0 Å². The van der Waals surface area contributed by atoms with E-state index in [-0.39, 0.29) is 0 Å². The van der Waals surface area contributed by atoms with Gasteiger partial charge in [-0.05, 0) is 26.8 Å². The van der Waals surface area contributed by atoms with E-state index in [0.717, 1.165) is 0 Å². The summed E-state index contributed by atoms with van der Waals surface area (Å²) in [5, 5.41) is 3.33. The van der Waals surface area contributed by atoms with Crippen molar-refractivity contribution in [3.05, 3.63) is 0 Å². The van der Waals surface area contributed by atoms with Gasteiger partial charge in [-0.3, -0.25) is 0 Å². The van der Waals surface area contributed by atoms with Crippen LogP contribution in [0.15, 0.2) is 0 Å². The van der Waals surface area contributed by atoms with Gasteiger partial charge in [0.25, 0.3) is 0 Å². The highest BCUT2D eigenvalue weighted by Gasteiger charge is 2.16. The SMILES string of the molecule is CCCC(C)(CC)NC. The van der Waals surface area contributed by atoms with Crippen LogP contribution in [0.25, 0.3) is 0 Å². The van der Waals surface area contributed by atoms with Gasteiger partial charge in [-0.2, -0.15) is 0 Å². The molecule has 1 atom stereocenters. The van der Waals surface area contributed by atoms with Crippen molar-refractivity contribution >= 4 is 0 Å². The molecule has 0 aliphatic heterocycles. The number of nitrogens with one attached hydrogen (secondary N) is 1. The summed E-state index contributed by atoms with van der Waals surface area (Å²) in [5.74, 6) is 0. The average molecular weight is 129 g/mol. The third-order valence-electron chi connectivity index (χ3n) is 2.19. The molecular weight excluding hydrogens is 110 g/mol. The lowest BCUT2D eigenvalue weighted by atomic mass is 9.94. The van der Waals surface area contributed by atoms with Crippen molar-refractivity contribution < 1.29 is 0 Å². The largest absolute Gasteiger partial charge is 0.315 e. The monoisotopic (exact) mass is 129 g/mol. The van der Waals surface area contributed by atoms with Gasteiger partial charge in [0, 0.05) is 5.54 Å². The first kappa shape index (κ1) is 8.96. The minimum atomic E-state index is 0.384. The smallest absolute Gasteiger partial charge is 0.0147 e. The van der Waals surface area contributed by atoms with Gasteiger partial charge in [0.2, 0.25) is 0 Å². The van der Waals surface area contributed by atoms with Crippen molar-refractivity contribution in [2.24, 2.45) is 0 Å². The Kier molecular flexibility index (Phi) is 3.87. The maximum absolute atomic E-state index is 3.33. The molecule has 0 aromatic rings. The molecule has 9 heavy (non-hydrogen) atoms. The maximum Gasteiger partial charge on any atom is 0.0147 e. The maximum atomic E-state index is 3.33. The van der Waals surface area contributed by atoms with Crippen molar-refractivity contribution in [1.82, 2.24) is 5.32 Å². The lowest BCUT2D eigenvalue weighted by Crippen LogP contribution is -2.38. The molecule has 0 bridgehead atoms. The van der Waals surface area contributed by atoms with Gasteiger partial charge in [0.05, 0.1) is 0 Å².